The third kappa shape index (κ3) is 3.75. The fourth-order valence-electron chi connectivity index (χ4n) is 2.06. The Labute approximate surface area is 112 Å². The van der Waals surface area contributed by atoms with Crippen molar-refractivity contribution in [3.05, 3.63) is 17.5 Å². The van der Waals surface area contributed by atoms with E-state index in [1.165, 1.54) is 4.31 Å². The molecule has 1 saturated heterocycles. The monoisotopic (exact) mass is 289 g/mol. The van der Waals surface area contributed by atoms with Gasteiger partial charge in [0.2, 0.25) is 10.0 Å². The van der Waals surface area contributed by atoms with E-state index in [0.717, 1.165) is 0 Å². The number of ether oxygens (including phenoxy) is 1. The molecule has 2 rings (SSSR count). The van der Waals surface area contributed by atoms with E-state index < -0.39 is 10.0 Å². The van der Waals surface area contributed by atoms with Gasteiger partial charge in [0.1, 0.15) is 17.2 Å². The Balaban J connectivity index is 2.02. The van der Waals surface area contributed by atoms with Crippen molar-refractivity contribution in [2.24, 2.45) is 0 Å². The highest BCUT2D eigenvalue weighted by Gasteiger charge is 2.30. The lowest BCUT2D eigenvalue weighted by Gasteiger charge is -2.31. The second-order valence-electron chi connectivity index (χ2n) is 4.59. The van der Waals surface area contributed by atoms with Gasteiger partial charge in [0.15, 0.2) is 0 Å². The van der Waals surface area contributed by atoms with Gasteiger partial charge < -0.3 is 14.6 Å². The van der Waals surface area contributed by atoms with Gasteiger partial charge in [0.05, 0.1) is 12.7 Å². The Hall–Kier alpha value is -0.960. The summed E-state index contributed by atoms with van der Waals surface area (Å²) in [5.74, 6) is 0.483. The van der Waals surface area contributed by atoms with Gasteiger partial charge in [-0.15, -0.1) is 0 Å². The molecule has 0 saturated carbocycles. The zero-order valence-corrected chi connectivity index (χ0v) is 11.9. The van der Waals surface area contributed by atoms with Gasteiger partial charge in [-0.3, -0.25) is 0 Å². The van der Waals surface area contributed by atoms with Gasteiger partial charge in [-0.25, -0.2) is 8.42 Å². The van der Waals surface area contributed by atoms with Gasteiger partial charge in [-0.1, -0.05) is 5.16 Å². The largest absolute Gasteiger partial charge is 0.374 e. The van der Waals surface area contributed by atoms with Crippen LogP contribution in [0.4, 0.5) is 0 Å². The van der Waals surface area contributed by atoms with Crippen LogP contribution in [0, 0.1) is 6.92 Å². The highest BCUT2D eigenvalue weighted by Crippen LogP contribution is 2.15. The van der Waals surface area contributed by atoms with Crippen LogP contribution in [0.2, 0.25) is 0 Å². The predicted octanol–water partition coefficient (Wildman–Crippen LogP) is -0.267. The summed E-state index contributed by atoms with van der Waals surface area (Å²) < 4.78 is 36.4. The number of nitrogens with one attached hydrogen (secondary N) is 1. The quantitative estimate of drug-likeness (QED) is 0.803. The number of sulfonamides is 1. The van der Waals surface area contributed by atoms with Crippen LogP contribution in [0.5, 0.6) is 0 Å². The molecule has 1 aliphatic heterocycles. The minimum Gasteiger partial charge on any atom is -0.374 e. The number of aryl methyl sites for hydroxylation is 1. The fraction of sp³-hybridized carbons (Fsp3) is 0.727. The average Bonchev–Trinajstić information content (AvgIpc) is 2.75. The first-order chi connectivity index (χ1) is 9.01. The first-order valence-electron chi connectivity index (χ1n) is 6.17. The molecule has 108 valence electrons. The maximum absolute atomic E-state index is 12.3. The summed E-state index contributed by atoms with van der Waals surface area (Å²) in [5, 5.41) is 6.72. The molecule has 19 heavy (non-hydrogen) atoms. The first kappa shape index (κ1) is 14.4. The van der Waals surface area contributed by atoms with Crippen molar-refractivity contribution >= 4 is 10.0 Å². The molecule has 1 atom stereocenters. The smallest absolute Gasteiger partial charge is 0.220 e. The fourth-order valence-corrected chi connectivity index (χ4v) is 3.50. The minimum absolute atomic E-state index is 0.104. The van der Waals surface area contributed by atoms with Crippen LogP contribution in [0.15, 0.2) is 10.6 Å². The SMILES string of the molecule is CNCC1CN(S(=O)(=O)Cc2cc(C)on2)CCO1. The number of likely N-dealkylation sites (N-methyl/N-ethyl adjacent to an activating group) is 1. The summed E-state index contributed by atoms with van der Waals surface area (Å²) in [6, 6.07) is 1.64. The Morgan fingerprint density at radius 2 is 2.37 bits per heavy atom. The molecule has 7 nitrogen and oxygen atoms in total. The molecule has 8 heteroatoms. The third-order valence-electron chi connectivity index (χ3n) is 2.93. The highest BCUT2D eigenvalue weighted by molar-refractivity contribution is 7.88. The molecule has 1 unspecified atom stereocenters. The number of nitrogens with zero attached hydrogens (tertiary/aromatic N) is 2. The van der Waals surface area contributed by atoms with E-state index in [1.54, 1.807) is 13.0 Å². The van der Waals surface area contributed by atoms with Crippen LogP contribution < -0.4 is 5.32 Å². The van der Waals surface area contributed by atoms with Crippen LogP contribution in [0.3, 0.4) is 0 Å². The van der Waals surface area contributed by atoms with E-state index in [9.17, 15) is 8.42 Å². The lowest BCUT2D eigenvalue weighted by molar-refractivity contribution is 0.000764. The number of aromatic nitrogens is 1. The Morgan fingerprint density at radius 3 is 3.00 bits per heavy atom. The summed E-state index contributed by atoms with van der Waals surface area (Å²) in [6.07, 6.45) is -0.104. The number of rotatable bonds is 5. The Bertz CT molecular complexity index is 512. The Morgan fingerprint density at radius 1 is 1.58 bits per heavy atom. The average molecular weight is 289 g/mol. The zero-order chi connectivity index (χ0) is 13.9. The molecule has 0 bridgehead atoms. The predicted molar refractivity (Wildman–Crippen MR) is 69.1 cm³/mol. The summed E-state index contributed by atoms with van der Waals surface area (Å²) in [6.45, 7) is 3.55. The van der Waals surface area contributed by atoms with Crippen molar-refractivity contribution < 1.29 is 17.7 Å². The second kappa shape index (κ2) is 6.00. The van der Waals surface area contributed by atoms with Crippen molar-refractivity contribution in [1.82, 2.24) is 14.8 Å². The summed E-state index contributed by atoms with van der Waals surface area (Å²) >= 11 is 0. The van der Waals surface area contributed by atoms with E-state index in [2.05, 4.69) is 10.5 Å². The normalized spacial score (nSPS) is 21.7. The molecule has 0 spiro atoms. The van der Waals surface area contributed by atoms with Crippen molar-refractivity contribution in [3.63, 3.8) is 0 Å². The molecule has 2 heterocycles. The molecule has 0 aliphatic carbocycles. The molecular weight excluding hydrogens is 270 g/mol. The van der Waals surface area contributed by atoms with E-state index in [1.807, 2.05) is 7.05 Å². The number of hydrogen-bond acceptors (Lipinski definition) is 6. The third-order valence-corrected chi connectivity index (χ3v) is 4.71. The first-order valence-corrected chi connectivity index (χ1v) is 7.78. The molecule has 0 amide bonds. The Kier molecular flexibility index (Phi) is 4.56. The molecule has 1 aromatic heterocycles. The van der Waals surface area contributed by atoms with Crippen molar-refractivity contribution in [2.45, 2.75) is 18.8 Å². The van der Waals surface area contributed by atoms with Crippen molar-refractivity contribution in [2.75, 3.05) is 33.3 Å². The molecule has 1 N–H and O–H groups in total. The number of morpholine rings is 1. The van der Waals surface area contributed by atoms with Gasteiger partial charge in [-0.2, -0.15) is 4.31 Å². The summed E-state index contributed by atoms with van der Waals surface area (Å²) in [7, 11) is -1.56. The molecule has 1 aromatic rings. The molecule has 1 fully saturated rings. The van der Waals surface area contributed by atoms with Gasteiger partial charge in [0.25, 0.3) is 0 Å². The van der Waals surface area contributed by atoms with E-state index in [-0.39, 0.29) is 11.9 Å². The van der Waals surface area contributed by atoms with E-state index >= 15 is 0 Å². The van der Waals surface area contributed by atoms with Gasteiger partial charge in [-0.05, 0) is 14.0 Å². The highest BCUT2D eigenvalue weighted by atomic mass is 32.2. The van der Waals surface area contributed by atoms with Gasteiger partial charge in [0, 0.05) is 25.7 Å². The van der Waals surface area contributed by atoms with E-state index in [4.69, 9.17) is 9.26 Å². The van der Waals surface area contributed by atoms with Crippen LogP contribution in [-0.2, 0) is 20.5 Å². The zero-order valence-electron chi connectivity index (χ0n) is 11.1. The standard InChI is InChI=1S/C11H19N3O4S/c1-9-5-10(13-18-9)8-19(15,16)14-3-4-17-11(7-14)6-12-2/h5,11-12H,3-4,6-8H2,1-2H3. The summed E-state index contributed by atoms with van der Waals surface area (Å²) in [4.78, 5) is 0. The van der Waals surface area contributed by atoms with Gasteiger partial charge >= 0.3 is 0 Å². The minimum atomic E-state index is -3.37. The van der Waals surface area contributed by atoms with E-state index in [0.29, 0.717) is 37.7 Å². The van der Waals surface area contributed by atoms with Crippen LogP contribution >= 0.6 is 0 Å². The van der Waals surface area contributed by atoms with Crippen molar-refractivity contribution in [1.29, 1.82) is 0 Å². The van der Waals surface area contributed by atoms with Crippen LogP contribution in [-0.4, -0.2) is 57.3 Å². The van der Waals surface area contributed by atoms with Crippen LogP contribution in [0.25, 0.3) is 0 Å². The molecule has 0 aromatic carbocycles. The second-order valence-corrected chi connectivity index (χ2v) is 6.56. The maximum atomic E-state index is 12.3. The van der Waals surface area contributed by atoms with Crippen LogP contribution in [0.1, 0.15) is 11.5 Å². The molecule has 0 radical (unpaired) electrons. The number of hydrogen-bond donors (Lipinski definition) is 1. The topological polar surface area (TPSA) is 84.7 Å². The molecular formula is C11H19N3O4S. The maximum Gasteiger partial charge on any atom is 0.220 e. The lowest BCUT2D eigenvalue weighted by atomic mass is 10.3. The summed E-state index contributed by atoms with van der Waals surface area (Å²) in [5.41, 5.74) is 0.439. The lowest BCUT2D eigenvalue weighted by Crippen LogP contribution is -2.48. The van der Waals surface area contributed by atoms with Crippen molar-refractivity contribution in [3.8, 4) is 0 Å². The molecule has 1 aliphatic rings.